The SMILES string of the molecule is NCC1(Cc2ccc(Cl)c(Cl)c2)CCN(c2ncnc3[nH]cnc23)CC1. The number of H-pyrrole nitrogens is 1. The maximum atomic E-state index is 6.19. The van der Waals surface area contributed by atoms with Gasteiger partial charge < -0.3 is 15.6 Å². The van der Waals surface area contributed by atoms with Crippen LogP contribution in [0.3, 0.4) is 0 Å². The van der Waals surface area contributed by atoms with Crippen LogP contribution in [-0.4, -0.2) is 39.6 Å². The number of nitrogens with zero attached hydrogens (tertiary/aromatic N) is 4. The number of rotatable bonds is 4. The van der Waals surface area contributed by atoms with Crippen molar-refractivity contribution in [3.63, 3.8) is 0 Å². The van der Waals surface area contributed by atoms with Crippen LogP contribution >= 0.6 is 23.2 Å². The van der Waals surface area contributed by atoms with E-state index in [0.717, 1.165) is 49.3 Å². The van der Waals surface area contributed by atoms with E-state index in [2.05, 4.69) is 24.8 Å². The molecular weight excluding hydrogens is 371 g/mol. The van der Waals surface area contributed by atoms with Crippen molar-refractivity contribution in [2.24, 2.45) is 11.1 Å². The number of hydrogen-bond donors (Lipinski definition) is 2. The van der Waals surface area contributed by atoms with Gasteiger partial charge in [0.25, 0.3) is 0 Å². The topological polar surface area (TPSA) is 83.7 Å². The maximum absolute atomic E-state index is 6.19. The van der Waals surface area contributed by atoms with Crippen molar-refractivity contribution in [3.8, 4) is 0 Å². The molecule has 2 aromatic heterocycles. The van der Waals surface area contributed by atoms with Gasteiger partial charge in [-0.25, -0.2) is 15.0 Å². The number of halogens is 2. The Labute approximate surface area is 161 Å². The molecule has 0 spiro atoms. The van der Waals surface area contributed by atoms with Crippen molar-refractivity contribution >= 4 is 40.2 Å². The maximum Gasteiger partial charge on any atom is 0.162 e. The molecule has 0 radical (unpaired) electrons. The van der Waals surface area contributed by atoms with Crippen LogP contribution in [-0.2, 0) is 6.42 Å². The molecule has 0 aliphatic carbocycles. The van der Waals surface area contributed by atoms with Crippen molar-refractivity contribution in [3.05, 3.63) is 46.5 Å². The lowest BCUT2D eigenvalue weighted by atomic mass is 9.74. The minimum atomic E-state index is 0.0609. The molecule has 1 saturated heterocycles. The molecule has 0 bridgehead atoms. The molecule has 3 heterocycles. The van der Waals surface area contributed by atoms with Crippen LogP contribution < -0.4 is 10.6 Å². The van der Waals surface area contributed by atoms with Gasteiger partial charge in [-0.15, -0.1) is 0 Å². The van der Waals surface area contributed by atoms with Gasteiger partial charge in [-0.2, -0.15) is 0 Å². The van der Waals surface area contributed by atoms with Gasteiger partial charge >= 0.3 is 0 Å². The summed E-state index contributed by atoms with van der Waals surface area (Å²) in [7, 11) is 0. The van der Waals surface area contributed by atoms with Crippen LogP contribution in [0.2, 0.25) is 10.0 Å². The summed E-state index contributed by atoms with van der Waals surface area (Å²) >= 11 is 12.2. The zero-order valence-corrected chi connectivity index (χ0v) is 15.8. The molecule has 6 nitrogen and oxygen atoms in total. The fraction of sp³-hybridized carbons (Fsp3) is 0.389. The van der Waals surface area contributed by atoms with Crippen molar-refractivity contribution in [1.29, 1.82) is 0 Å². The largest absolute Gasteiger partial charge is 0.355 e. The van der Waals surface area contributed by atoms with E-state index in [-0.39, 0.29) is 5.41 Å². The molecule has 26 heavy (non-hydrogen) atoms. The zero-order chi connectivity index (χ0) is 18.1. The Morgan fingerprint density at radius 2 is 1.92 bits per heavy atom. The first-order valence-corrected chi connectivity index (χ1v) is 9.39. The van der Waals surface area contributed by atoms with E-state index in [1.54, 1.807) is 12.7 Å². The number of anilines is 1. The summed E-state index contributed by atoms with van der Waals surface area (Å²) in [4.78, 5) is 18.3. The fourth-order valence-electron chi connectivity index (χ4n) is 3.71. The summed E-state index contributed by atoms with van der Waals surface area (Å²) in [5.41, 5.74) is 9.01. The summed E-state index contributed by atoms with van der Waals surface area (Å²) in [6, 6.07) is 5.84. The Morgan fingerprint density at radius 1 is 1.12 bits per heavy atom. The first kappa shape index (κ1) is 17.5. The smallest absolute Gasteiger partial charge is 0.162 e. The molecule has 1 aliphatic rings. The first-order valence-electron chi connectivity index (χ1n) is 8.63. The molecule has 1 aromatic carbocycles. The Balaban J connectivity index is 1.51. The van der Waals surface area contributed by atoms with Gasteiger partial charge in [-0.1, -0.05) is 29.3 Å². The Morgan fingerprint density at radius 3 is 2.65 bits per heavy atom. The lowest BCUT2D eigenvalue weighted by molar-refractivity contribution is 0.226. The van der Waals surface area contributed by atoms with Gasteiger partial charge in [-0.3, -0.25) is 0 Å². The number of imidazole rings is 1. The molecular formula is C18H20Cl2N6. The summed E-state index contributed by atoms with van der Waals surface area (Å²) < 4.78 is 0. The average molecular weight is 391 g/mol. The summed E-state index contributed by atoms with van der Waals surface area (Å²) in [6.07, 6.45) is 6.10. The van der Waals surface area contributed by atoms with Crippen LogP contribution in [0.25, 0.3) is 11.2 Å². The Bertz CT molecular complexity index is 917. The summed E-state index contributed by atoms with van der Waals surface area (Å²) in [5.74, 6) is 0.886. The van der Waals surface area contributed by atoms with Crippen LogP contribution in [0, 0.1) is 5.41 Å². The van der Waals surface area contributed by atoms with E-state index in [9.17, 15) is 0 Å². The number of fused-ring (bicyclic) bond motifs is 1. The number of nitrogens with two attached hydrogens (primary N) is 1. The van der Waals surface area contributed by atoms with Gasteiger partial charge in [0, 0.05) is 13.1 Å². The van der Waals surface area contributed by atoms with Crippen molar-refractivity contribution < 1.29 is 0 Å². The zero-order valence-electron chi connectivity index (χ0n) is 14.3. The molecule has 1 fully saturated rings. The molecule has 0 amide bonds. The van der Waals surface area contributed by atoms with Crippen molar-refractivity contribution in [2.45, 2.75) is 19.3 Å². The minimum absolute atomic E-state index is 0.0609. The lowest BCUT2D eigenvalue weighted by Gasteiger charge is -2.42. The third-order valence-electron chi connectivity index (χ3n) is 5.32. The third kappa shape index (κ3) is 3.24. The van der Waals surface area contributed by atoms with E-state index >= 15 is 0 Å². The quantitative estimate of drug-likeness (QED) is 0.712. The predicted octanol–water partition coefficient (Wildman–Crippen LogP) is 3.45. The summed E-state index contributed by atoms with van der Waals surface area (Å²) in [6.45, 7) is 2.41. The standard InChI is InChI=1S/C18H20Cl2N6/c19-13-2-1-12(7-14(13)20)8-18(9-21)3-5-26(6-4-18)17-15-16(23-10-22-15)24-11-25-17/h1-2,7,10-11H,3-6,8-9,21H2,(H,22,23,24,25). The van der Waals surface area contributed by atoms with E-state index in [0.29, 0.717) is 16.6 Å². The van der Waals surface area contributed by atoms with Crippen LogP contribution in [0.4, 0.5) is 5.82 Å². The highest BCUT2D eigenvalue weighted by molar-refractivity contribution is 6.42. The highest BCUT2D eigenvalue weighted by atomic mass is 35.5. The van der Waals surface area contributed by atoms with Gasteiger partial charge in [-0.05, 0) is 48.9 Å². The van der Waals surface area contributed by atoms with Crippen LogP contribution in [0.5, 0.6) is 0 Å². The minimum Gasteiger partial charge on any atom is -0.355 e. The predicted molar refractivity (Wildman–Crippen MR) is 105 cm³/mol. The molecule has 3 aromatic rings. The molecule has 1 aliphatic heterocycles. The molecule has 0 saturated carbocycles. The second-order valence-corrected chi connectivity index (χ2v) is 7.73. The van der Waals surface area contributed by atoms with Gasteiger partial charge in [0.05, 0.1) is 16.4 Å². The number of aromatic amines is 1. The van der Waals surface area contributed by atoms with Gasteiger partial charge in [0.2, 0.25) is 0 Å². The molecule has 3 N–H and O–H groups in total. The highest BCUT2D eigenvalue weighted by Crippen LogP contribution is 2.37. The summed E-state index contributed by atoms with van der Waals surface area (Å²) in [5, 5.41) is 1.18. The van der Waals surface area contributed by atoms with Gasteiger partial charge in [0.15, 0.2) is 11.5 Å². The number of aromatic nitrogens is 4. The number of piperidine rings is 1. The van der Waals surface area contributed by atoms with Crippen molar-refractivity contribution in [1.82, 2.24) is 19.9 Å². The second-order valence-electron chi connectivity index (χ2n) is 6.91. The lowest BCUT2D eigenvalue weighted by Crippen LogP contribution is -2.45. The highest BCUT2D eigenvalue weighted by Gasteiger charge is 2.34. The molecule has 136 valence electrons. The van der Waals surface area contributed by atoms with Gasteiger partial charge in [0.1, 0.15) is 11.8 Å². The fourth-order valence-corrected chi connectivity index (χ4v) is 4.03. The molecule has 4 rings (SSSR count). The van der Waals surface area contributed by atoms with E-state index in [1.165, 1.54) is 5.56 Å². The third-order valence-corrected chi connectivity index (χ3v) is 6.06. The Kier molecular flexibility index (Phi) is 4.73. The average Bonchev–Trinajstić information content (AvgIpc) is 3.14. The number of hydrogen-bond acceptors (Lipinski definition) is 5. The second kappa shape index (κ2) is 7.02. The molecule has 8 heteroatoms. The van der Waals surface area contributed by atoms with E-state index < -0.39 is 0 Å². The van der Waals surface area contributed by atoms with Crippen LogP contribution in [0.1, 0.15) is 18.4 Å². The van der Waals surface area contributed by atoms with E-state index in [1.807, 2.05) is 18.2 Å². The first-order chi connectivity index (χ1) is 12.6. The Hall–Kier alpha value is -1.89. The molecule has 0 atom stereocenters. The monoisotopic (exact) mass is 390 g/mol. The number of nitrogens with one attached hydrogen (secondary N) is 1. The van der Waals surface area contributed by atoms with E-state index in [4.69, 9.17) is 28.9 Å². The normalized spacial score (nSPS) is 17.0. The molecule has 0 unspecified atom stereocenters. The van der Waals surface area contributed by atoms with Crippen LogP contribution in [0.15, 0.2) is 30.9 Å². The number of benzene rings is 1. The van der Waals surface area contributed by atoms with Crippen molar-refractivity contribution in [2.75, 3.05) is 24.5 Å².